The van der Waals surface area contributed by atoms with E-state index in [0.717, 1.165) is 26.1 Å². The second kappa shape index (κ2) is 15.7. The molecule has 1 aromatic carbocycles. The van der Waals surface area contributed by atoms with Crippen LogP contribution in [0.2, 0.25) is 0 Å². The van der Waals surface area contributed by atoms with Crippen molar-refractivity contribution in [2.45, 2.75) is 110 Å². The number of benzene rings is 1. The Kier molecular flexibility index (Phi) is 12.2. The van der Waals surface area contributed by atoms with Crippen LogP contribution < -0.4 is 0 Å². The van der Waals surface area contributed by atoms with E-state index in [2.05, 4.69) is 61.8 Å². The summed E-state index contributed by atoms with van der Waals surface area (Å²) >= 11 is 0. The number of nitrogens with zero attached hydrogens (tertiary/aromatic N) is 4. The number of carbonyl (C=O) groups is 3. The molecule has 0 aliphatic carbocycles. The lowest BCUT2D eigenvalue weighted by atomic mass is 9.74. The van der Waals surface area contributed by atoms with Crippen molar-refractivity contribution in [1.29, 1.82) is 0 Å². The van der Waals surface area contributed by atoms with Crippen LogP contribution >= 0.6 is 0 Å². The van der Waals surface area contributed by atoms with Crippen molar-refractivity contribution in [2.24, 2.45) is 23.2 Å². The fourth-order valence-corrected chi connectivity index (χ4v) is 8.77. The number of esters is 1. The zero-order chi connectivity index (χ0) is 36.5. The first-order chi connectivity index (χ1) is 23.5. The van der Waals surface area contributed by atoms with Gasteiger partial charge >= 0.3 is 5.97 Å². The third-order valence-corrected chi connectivity index (χ3v) is 11.9. The van der Waals surface area contributed by atoms with Gasteiger partial charge in [-0.2, -0.15) is 0 Å². The molecule has 280 valence electrons. The molecule has 11 nitrogen and oxygen atoms in total. The van der Waals surface area contributed by atoms with Crippen LogP contribution in [-0.4, -0.2) is 134 Å². The van der Waals surface area contributed by atoms with Gasteiger partial charge in [-0.25, -0.2) is 0 Å². The lowest BCUT2D eigenvalue weighted by Gasteiger charge is -2.47. The molecular weight excluding hydrogens is 636 g/mol. The van der Waals surface area contributed by atoms with Crippen molar-refractivity contribution in [1.82, 2.24) is 19.6 Å². The number of fused-ring (bicyclic) bond motifs is 1. The number of cyclic esters (lactones) is 1. The highest BCUT2D eigenvalue weighted by molar-refractivity contribution is 6.04. The average Bonchev–Trinajstić information content (AvgIpc) is 3.44. The topological polar surface area (TPSA) is 101 Å². The zero-order valence-electron chi connectivity index (χ0n) is 32.1. The Morgan fingerprint density at radius 1 is 1.00 bits per heavy atom. The Bertz CT molecular complexity index is 1340. The van der Waals surface area contributed by atoms with Crippen molar-refractivity contribution in [2.75, 3.05) is 61.0 Å². The summed E-state index contributed by atoms with van der Waals surface area (Å²) in [5.41, 5.74) is 0.333. The summed E-state index contributed by atoms with van der Waals surface area (Å²) in [7, 11) is 7.88. The molecule has 11 heteroatoms. The van der Waals surface area contributed by atoms with E-state index >= 15 is 0 Å². The molecule has 4 aliphatic heterocycles. The molecule has 3 saturated heterocycles. The van der Waals surface area contributed by atoms with Gasteiger partial charge in [0.25, 0.3) is 0 Å². The number of methoxy groups -OCH3 is 1. The molecule has 3 fully saturated rings. The second-order valence-corrected chi connectivity index (χ2v) is 16.7. The Balaban J connectivity index is 1.30. The second-order valence-electron chi connectivity index (χ2n) is 16.7. The molecule has 0 saturated carbocycles. The van der Waals surface area contributed by atoms with E-state index in [1.54, 1.807) is 21.0 Å². The molecule has 0 spiro atoms. The van der Waals surface area contributed by atoms with Gasteiger partial charge in [0.05, 0.1) is 24.4 Å². The first-order valence-electron chi connectivity index (χ1n) is 18.5. The summed E-state index contributed by atoms with van der Waals surface area (Å²) < 4.78 is 25.4. The number of Topliss-reactive ketones (excluding diaryl/α,β-unsaturated/α-hetero) is 1. The predicted molar refractivity (Wildman–Crippen MR) is 191 cm³/mol. The smallest absolute Gasteiger partial charge is 0.319 e. The lowest BCUT2D eigenvalue weighted by Crippen LogP contribution is -2.60. The van der Waals surface area contributed by atoms with Crippen LogP contribution in [0.4, 0.5) is 0 Å². The molecule has 0 N–H and O–H groups in total. The molecule has 4 aliphatic rings. The van der Waals surface area contributed by atoms with E-state index in [0.29, 0.717) is 32.5 Å². The maximum absolute atomic E-state index is 14.3. The summed E-state index contributed by atoms with van der Waals surface area (Å²) in [5, 5.41) is 0. The van der Waals surface area contributed by atoms with E-state index in [9.17, 15) is 14.4 Å². The SMILES string of the molecule is CO[C@]1(C)C[C@@H](C)CN(C)C(C2CN(C(=O)CN3Cc4ccccc4C3)C2)COC(=O)C(C)(C)C(=O)[C@H](C)[C@H]1O[C@H]1C[C@@H](N(C)C)C[C@@H](C)O1. The number of likely N-dealkylation sites (N-methyl/N-ethyl adjacent to an activating group) is 1. The minimum absolute atomic E-state index is 0.00159. The standard InChI is InChI=1S/C39H62N4O7/c1-25-17-39(6,47-10)36(50-34-16-31(40(7)8)15-26(2)49-34)27(3)35(45)38(4,5)37(46)48-24-32(41(9)18-25)30-21-43(22-30)33(44)23-42-19-28-13-11-12-14-29(28)20-42/h11-14,25-27,30-32,34,36H,15-24H2,1-10H3/t25-,26-,27+,31+,32?,34+,36-,39-/m1/s1. The van der Waals surface area contributed by atoms with E-state index in [1.807, 2.05) is 30.9 Å². The summed E-state index contributed by atoms with van der Waals surface area (Å²) in [6.45, 7) is 15.5. The van der Waals surface area contributed by atoms with Gasteiger partial charge in [0.1, 0.15) is 12.0 Å². The molecule has 4 heterocycles. The van der Waals surface area contributed by atoms with Crippen molar-refractivity contribution in [3.8, 4) is 0 Å². The summed E-state index contributed by atoms with van der Waals surface area (Å²) in [5.74, 6) is -1.04. The highest BCUT2D eigenvalue weighted by atomic mass is 16.7. The van der Waals surface area contributed by atoms with Crippen LogP contribution in [0.25, 0.3) is 0 Å². The molecular formula is C39H62N4O7. The Morgan fingerprint density at radius 2 is 1.64 bits per heavy atom. The summed E-state index contributed by atoms with van der Waals surface area (Å²) in [6.07, 6.45) is 1.03. The van der Waals surface area contributed by atoms with Crippen molar-refractivity contribution >= 4 is 17.7 Å². The van der Waals surface area contributed by atoms with E-state index in [-0.39, 0.29) is 48.3 Å². The number of likely N-dealkylation sites (tertiary alicyclic amines) is 1. The van der Waals surface area contributed by atoms with E-state index in [1.165, 1.54) is 11.1 Å². The molecule has 1 unspecified atom stereocenters. The van der Waals surface area contributed by atoms with Gasteiger partial charge < -0.3 is 28.7 Å². The number of ketones is 1. The van der Waals surface area contributed by atoms with Crippen LogP contribution in [0, 0.1) is 23.2 Å². The maximum Gasteiger partial charge on any atom is 0.319 e. The molecule has 1 amide bonds. The third-order valence-electron chi connectivity index (χ3n) is 11.9. The number of hydrogen-bond acceptors (Lipinski definition) is 10. The van der Waals surface area contributed by atoms with Gasteiger partial charge in [0, 0.05) is 70.2 Å². The van der Waals surface area contributed by atoms with Gasteiger partial charge in [-0.05, 0) is 78.7 Å². The highest BCUT2D eigenvalue weighted by Gasteiger charge is 2.51. The number of amides is 1. The van der Waals surface area contributed by atoms with E-state index in [4.69, 9.17) is 18.9 Å². The maximum atomic E-state index is 14.3. The average molecular weight is 699 g/mol. The molecule has 5 rings (SSSR count). The third kappa shape index (κ3) is 8.45. The van der Waals surface area contributed by atoms with Gasteiger partial charge in [0.2, 0.25) is 5.91 Å². The number of rotatable bonds is 7. The monoisotopic (exact) mass is 698 g/mol. The molecule has 50 heavy (non-hydrogen) atoms. The molecule has 0 radical (unpaired) electrons. The largest absolute Gasteiger partial charge is 0.463 e. The van der Waals surface area contributed by atoms with Crippen molar-refractivity contribution in [3.63, 3.8) is 0 Å². The summed E-state index contributed by atoms with van der Waals surface area (Å²) in [6, 6.07) is 8.54. The van der Waals surface area contributed by atoms with Gasteiger partial charge in [0.15, 0.2) is 12.1 Å². The number of carbonyl (C=O) groups excluding carboxylic acids is 3. The molecule has 8 atom stereocenters. The van der Waals surface area contributed by atoms with Gasteiger partial charge in [-0.15, -0.1) is 0 Å². The molecule has 0 bridgehead atoms. The van der Waals surface area contributed by atoms with Gasteiger partial charge in [-0.3, -0.25) is 24.2 Å². The Hall–Kier alpha value is -2.41. The minimum atomic E-state index is -1.40. The Morgan fingerprint density at radius 3 is 2.24 bits per heavy atom. The number of hydrogen-bond donors (Lipinski definition) is 0. The lowest BCUT2D eigenvalue weighted by molar-refractivity contribution is -0.263. The predicted octanol–water partition coefficient (Wildman–Crippen LogP) is 3.82. The normalized spacial score (nSPS) is 35.1. The molecule has 0 aromatic heterocycles. The zero-order valence-corrected chi connectivity index (χ0v) is 32.1. The van der Waals surface area contributed by atoms with Crippen molar-refractivity contribution < 1.29 is 33.3 Å². The van der Waals surface area contributed by atoms with Crippen molar-refractivity contribution in [3.05, 3.63) is 35.4 Å². The van der Waals surface area contributed by atoms with E-state index < -0.39 is 35.3 Å². The first-order valence-corrected chi connectivity index (χ1v) is 18.5. The first kappa shape index (κ1) is 38.8. The Labute approximate surface area is 299 Å². The fraction of sp³-hybridized carbons (Fsp3) is 0.769. The number of ether oxygens (including phenoxy) is 4. The highest BCUT2D eigenvalue weighted by Crippen LogP contribution is 2.38. The molecule has 1 aromatic rings. The summed E-state index contributed by atoms with van der Waals surface area (Å²) in [4.78, 5) is 49.9. The van der Waals surface area contributed by atoms with Crippen LogP contribution in [0.3, 0.4) is 0 Å². The fourth-order valence-electron chi connectivity index (χ4n) is 8.77. The van der Waals surface area contributed by atoms with Crippen LogP contribution in [0.5, 0.6) is 0 Å². The van der Waals surface area contributed by atoms with Crippen LogP contribution in [0.1, 0.15) is 71.9 Å². The van der Waals surface area contributed by atoms with Crippen LogP contribution in [-0.2, 0) is 46.4 Å². The van der Waals surface area contributed by atoms with Crippen LogP contribution in [0.15, 0.2) is 24.3 Å². The quantitative estimate of drug-likeness (QED) is 0.309. The minimum Gasteiger partial charge on any atom is -0.463 e. The van der Waals surface area contributed by atoms with Gasteiger partial charge in [-0.1, -0.05) is 38.1 Å².